The molecule has 0 aliphatic carbocycles. The fourth-order valence-corrected chi connectivity index (χ4v) is 2.52. The van der Waals surface area contributed by atoms with Crippen molar-refractivity contribution < 1.29 is 17.9 Å². The third-order valence-electron chi connectivity index (χ3n) is 3.71. The molecule has 0 radical (unpaired) electrons. The van der Waals surface area contributed by atoms with E-state index in [0.717, 1.165) is 16.8 Å². The highest BCUT2D eigenvalue weighted by Gasteiger charge is 2.21. The van der Waals surface area contributed by atoms with E-state index in [0.29, 0.717) is 22.8 Å². The quantitative estimate of drug-likeness (QED) is 0.566. The first-order valence-corrected chi connectivity index (χ1v) is 7.03. The Hall–Kier alpha value is -3.22. The summed E-state index contributed by atoms with van der Waals surface area (Å²) in [7, 11) is 1.53. The average Bonchev–Trinajstić information content (AvgIpc) is 2.88. The summed E-state index contributed by atoms with van der Waals surface area (Å²) >= 11 is 0. The minimum Gasteiger partial charge on any atom is -0.497 e. The molecule has 7 heteroatoms. The Morgan fingerprint density at radius 2 is 1.96 bits per heavy atom. The number of fused-ring (bicyclic) bond motifs is 2. The van der Waals surface area contributed by atoms with Crippen molar-refractivity contribution >= 4 is 11.0 Å². The van der Waals surface area contributed by atoms with Crippen molar-refractivity contribution in [3.05, 3.63) is 64.5 Å². The van der Waals surface area contributed by atoms with Crippen molar-refractivity contribution in [2.24, 2.45) is 0 Å². The van der Waals surface area contributed by atoms with Crippen molar-refractivity contribution in [3.63, 3.8) is 0 Å². The van der Waals surface area contributed by atoms with E-state index in [1.807, 2.05) is 0 Å². The van der Waals surface area contributed by atoms with Gasteiger partial charge in [-0.3, -0.25) is 4.79 Å². The molecule has 0 atom stereocenters. The second kappa shape index (κ2) is 5.16. The van der Waals surface area contributed by atoms with Crippen LogP contribution < -0.4 is 10.3 Å². The molecule has 5 nitrogen and oxygen atoms in total. The standard InChI is InChI=1S/C17H10F2N2O3/c1-23-11-4-2-9-6-12-16(24-15(9)8-11)20-21(17(12)22)14-5-3-10(18)7-13(14)19/h2-8H,1H3. The second-order valence-electron chi connectivity index (χ2n) is 5.18. The highest BCUT2D eigenvalue weighted by molar-refractivity contribution is 5.83. The molecule has 24 heavy (non-hydrogen) atoms. The summed E-state index contributed by atoms with van der Waals surface area (Å²) < 4.78 is 38.6. The Balaban J connectivity index is 1.98. The molecule has 0 saturated carbocycles. The van der Waals surface area contributed by atoms with Crippen LogP contribution in [0.2, 0.25) is 0 Å². The van der Waals surface area contributed by atoms with Crippen LogP contribution in [0.25, 0.3) is 28.1 Å². The average molecular weight is 328 g/mol. The molecular weight excluding hydrogens is 318 g/mol. The van der Waals surface area contributed by atoms with Gasteiger partial charge in [0.15, 0.2) is 5.82 Å². The molecule has 0 aromatic heterocycles. The predicted octanol–water partition coefficient (Wildman–Crippen LogP) is 3.37. The van der Waals surface area contributed by atoms with Crippen molar-refractivity contribution in [2.45, 2.75) is 0 Å². The third-order valence-corrected chi connectivity index (χ3v) is 3.71. The first-order chi connectivity index (χ1) is 11.6. The van der Waals surface area contributed by atoms with E-state index in [1.54, 1.807) is 24.3 Å². The Labute approximate surface area is 134 Å². The number of halogens is 2. The molecule has 2 aliphatic heterocycles. The maximum atomic E-state index is 13.9. The van der Waals surface area contributed by atoms with E-state index in [4.69, 9.17) is 9.15 Å². The smallest absolute Gasteiger partial charge is 0.284 e. The van der Waals surface area contributed by atoms with E-state index in [1.165, 1.54) is 7.11 Å². The SMILES string of the molecule is COc1ccc2cc3c(=O)n(-c4ccc(F)cc4F)nc-3oc2c1. The van der Waals surface area contributed by atoms with Crippen molar-refractivity contribution in [3.8, 4) is 22.9 Å². The maximum Gasteiger partial charge on any atom is 0.284 e. The molecule has 2 aliphatic rings. The number of benzene rings is 2. The van der Waals surface area contributed by atoms with Crippen LogP contribution in [0.5, 0.6) is 5.75 Å². The zero-order valence-electron chi connectivity index (χ0n) is 12.4. The van der Waals surface area contributed by atoms with Gasteiger partial charge in [0.2, 0.25) is 5.89 Å². The summed E-state index contributed by atoms with van der Waals surface area (Å²) in [6.45, 7) is 0. The monoisotopic (exact) mass is 328 g/mol. The number of hydrogen-bond donors (Lipinski definition) is 0. The Kier molecular flexibility index (Phi) is 3.09. The zero-order valence-corrected chi connectivity index (χ0v) is 12.4. The lowest BCUT2D eigenvalue weighted by Crippen LogP contribution is -2.15. The Morgan fingerprint density at radius 3 is 2.71 bits per heavy atom. The molecule has 2 heterocycles. The van der Waals surface area contributed by atoms with Gasteiger partial charge < -0.3 is 9.15 Å². The first-order valence-electron chi connectivity index (χ1n) is 7.03. The predicted molar refractivity (Wildman–Crippen MR) is 82.7 cm³/mol. The van der Waals surface area contributed by atoms with E-state index < -0.39 is 17.2 Å². The summed E-state index contributed by atoms with van der Waals surface area (Å²) in [5, 5.41) is 4.69. The van der Waals surface area contributed by atoms with Crippen molar-refractivity contribution in [1.82, 2.24) is 9.78 Å². The lowest BCUT2D eigenvalue weighted by Gasteiger charge is -2.03. The van der Waals surface area contributed by atoms with Crippen molar-refractivity contribution in [1.29, 1.82) is 0 Å². The molecule has 120 valence electrons. The maximum absolute atomic E-state index is 13.9. The van der Waals surface area contributed by atoms with Gasteiger partial charge >= 0.3 is 0 Å². The summed E-state index contributed by atoms with van der Waals surface area (Å²) in [6, 6.07) is 9.66. The Bertz CT molecular complexity index is 1100. The number of methoxy groups -OCH3 is 1. The zero-order chi connectivity index (χ0) is 16.8. The molecule has 2 aromatic carbocycles. The van der Waals surface area contributed by atoms with Crippen LogP contribution in [0.1, 0.15) is 0 Å². The van der Waals surface area contributed by atoms with Gasteiger partial charge in [-0.1, -0.05) is 0 Å². The molecule has 4 rings (SSSR count). The number of hydrogen-bond acceptors (Lipinski definition) is 4. The normalized spacial score (nSPS) is 11.3. The molecule has 0 N–H and O–H groups in total. The lowest BCUT2D eigenvalue weighted by molar-refractivity contribution is 0.414. The highest BCUT2D eigenvalue weighted by atomic mass is 19.1. The molecule has 0 fully saturated rings. The van der Waals surface area contributed by atoms with E-state index in [-0.39, 0.29) is 17.1 Å². The van der Waals surface area contributed by atoms with E-state index in [9.17, 15) is 13.6 Å². The van der Waals surface area contributed by atoms with Crippen LogP contribution in [0.4, 0.5) is 8.78 Å². The largest absolute Gasteiger partial charge is 0.497 e. The van der Waals surface area contributed by atoms with Gasteiger partial charge in [-0.05, 0) is 30.3 Å². The van der Waals surface area contributed by atoms with Gasteiger partial charge in [-0.15, -0.1) is 5.10 Å². The van der Waals surface area contributed by atoms with Crippen LogP contribution in [-0.4, -0.2) is 16.9 Å². The number of aromatic nitrogens is 2. The van der Waals surface area contributed by atoms with Crippen LogP contribution in [0.3, 0.4) is 0 Å². The van der Waals surface area contributed by atoms with Gasteiger partial charge in [0.25, 0.3) is 5.56 Å². The number of nitrogens with zero attached hydrogens (tertiary/aromatic N) is 2. The highest BCUT2D eigenvalue weighted by Crippen LogP contribution is 2.28. The molecule has 0 bridgehead atoms. The summed E-state index contributed by atoms with van der Waals surface area (Å²) in [5.41, 5.74) is -0.00566. The number of ether oxygens (including phenoxy) is 1. The summed E-state index contributed by atoms with van der Waals surface area (Å²) in [6.07, 6.45) is 0. The molecular formula is C17H10F2N2O3. The molecule has 0 unspecified atom stereocenters. The topological polar surface area (TPSA) is 57.3 Å². The van der Waals surface area contributed by atoms with Crippen LogP contribution in [-0.2, 0) is 0 Å². The Morgan fingerprint density at radius 1 is 1.12 bits per heavy atom. The van der Waals surface area contributed by atoms with E-state index in [2.05, 4.69) is 5.10 Å². The fourth-order valence-electron chi connectivity index (χ4n) is 2.52. The van der Waals surface area contributed by atoms with Crippen molar-refractivity contribution in [2.75, 3.05) is 7.11 Å². The van der Waals surface area contributed by atoms with Gasteiger partial charge in [0.1, 0.15) is 28.4 Å². The summed E-state index contributed by atoms with van der Waals surface area (Å²) in [4.78, 5) is 12.5. The van der Waals surface area contributed by atoms with Gasteiger partial charge in [-0.25, -0.2) is 8.78 Å². The van der Waals surface area contributed by atoms with Crippen LogP contribution >= 0.6 is 0 Å². The molecule has 0 saturated heterocycles. The molecule has 0 spiro atoms. The van der Waals surface area contributed by atoms with Gasteiger partial charge in [0.05, 0.1) is 7.11 Å². The van der Waals surface area contributed by atoms with Gasteiger partial charge in [-0.2, -0.15) is 4.68 Å². The van der Waals surface area contributed by atoms with Gasteiger partial charge in [0, 0.05) is 17.5 Å². The lowest BCUT2D eigenvalue weighted by atomic mass is 10.1. The minimum atomic E-state index is -0.883. The van der Waals surface area contributed by atoms with Crippen LogP contribution in [0, 0.1) is 11.6 Å². The van der Waals surface area contributed by atoms with Crippen LogP contribution in [0.15, 0.2) is 51.7 Å². The third kappa shape index (κ3) is 2.13. The summed E-state index contributed by atoms with van der Waals surface area (Å²) in [5.74, 6) is -0.963. The first kappa shape index (κ1) is 14.4. The van der Waals surface area contributed by atoms with E-state index >= 15 is 0 Å². The molecule has 0 amide bonds. The number of rotatable bonds is 2. The second-order valence-corrected chi connectivity index (χ2v) is 5.18. The fraction of sp³-hybridized carbons (Fsp3) is 0.0588. The minimum absolute atomic E-state index is 0.0597. The molecule has 2 aromatic rings.